The van der Waals surface area contributed by atoms with Gasteiger partial charge in [-0.2, -0.15) is 0 Å². The van der Waals surface area contributed by atoms with Crippen molar-refractivity contribution in [3.63, 3.8) is 0 Å². The Morgan fingerprint density at radius 1 is 0.821 bits per heavy atom. The molecule has 168 valence electrons. The summed E-state index contributed by atoms with van der Waals surface area (Å²) in [5.41, 5.74) is 0. The van der Waals surface area contributed by atoms with Crippen LogP contribution in [0.3, 0.4) is 0 Å². The lowest BCUT2D eigenvalue weighted by atomic mass is 10.1. The second-order valence-corrected chi connectivity index (χ2v) is 11.0. The lowest BCUT2D eigenvalue weighted by Gasteiger charge is -2.35. The zero-order valence-corrected chi connectivity index (χ0v) is 20.4. The first-order valence-electron chi connectivity index (χ1n) is 11.7. The van der Waals surface area contributed by atoms with Gasteiger partial charge >= 0.3 is 7.60 Å². The molecule has 0 aromatic rings. The fourth-order valence-electron chi connectivity index (χ4n) is 3.51. The summed E-state index contributed by atoms with van der Waals surface area (Å²) in [6.07, 6.45) is 21.1. The summed E-state index contributed by atoms with van der Waals surface area (Å²) in [4.78, 5) is 10.4. The van der Waals surface area contributed by atoms with Gasteiger partial charge in [0.1, 0.15) is 0 Å². The molecule has 1 N–H and O–H groups in total. The first-order valence-corrected chi connectivity index (χ1v) is 13.3. The van der Waals surface area contributed by atoms with E-state index >= 15 is 0 Å². The molecule has 0 aliphatic heterocycles. The summed E-state index contributed by atoms with van der Waals surface area (Å²) < 4.78 is 18.5. The maximum atomic E-state index is 12.6. The predicted octanol–water partition coefficient (Wildman–Crippen LogP) is 7.28. The number of hydrogen-bond acceptors (Lipinski definition) is 2. The molecule has 0 radical (unpaired) electrons. The van der Waals surface area contributed by atoms with E-state index in [0.717, 1.165) is 19.3 Å². The molecule has 0 saturated carbocycles. The number of nitrogens with zero attached hydrogens (tertiary/aromatic N) is 1. The van der Waals surface area contributed by atoms with Gasteiger partial charge in [0.05, 0.1) is 27.7 Å². The molecule has 4 nitrogen and oxygen atoms in total. The molecule has 2 unspecified atom stereocenters. The smallest absolute Gasteiger partial charge is 0.320 e. The third-order valence-corrected chi connectivity index (χ3v) is 7.51. The van der Waals surface area contributed by atoms with Crippen LogP contribution in [0.4, 0.5) is 0 Å². The summed E-state index contributed by atoms with van der Waals surface area (Å²) in [5.74, 6) is -0.334. The second kappa shape index (κ2) is 16.6. The Kier molecular flexibility index (Phi) is 16.5. The van der Waals surface area contributed by atoms with Crippen LogP contribution < -0.4 is 0 Å². The number of hydrogen-bond donors (Lipinski definition) is 1. The van der Waals surface area contributed by atoms with Gasteiger partial charge in [-0.05, 0) is 32.1 Å². The van der Waals surface area contributed by atoms with Gasteiger partial charge in [0.25, 0.3) is 0 Å². The fraction of sp³-hybridized carbons (Fsp3) is 0.913. The van der Waals surface area contributed by atoms with Gasteiger partial charge in [-0.1, -0.05) is 77.4 Å². The van der Waals surface area contributed by atoms with E-state index in [9.17, 15) is 9.46 Å². The van der Waals surface area contributed by atoms with Crippen molar-refractivity contribution in [2.45, 2.75) is 110 Å². The molecule has 0 rings (SSSR count). The molecule has 0 heterocycles. The topological polar surface area (TPSA) is 46.5 Å². The molecule has 2 atom stereocenters. The summed E-state index contributed by atoms with van der Waals surface area (Å²) in [5, 5.41) is 0. The van der Waals surface area contributed by atoms with Crippen LogP contribution in [0, 0.1) is 0 Å². The average Bonchev–Trinajstić information content (AvgIpc) is 2.61. The van der Waals surface area contributed by atoms with Crippen LogP contribution >= 0.6 is 7.60 Å². The molecule has 0 aliphatic rings. The Hall–Kier alpha value is -0.150. The molecule has 0 bridgehead atoms. The SMILES string of the molecule is CCCCC=CCCCCCCCCCCOP(=O)(O)C(CCC)[N+](C)(C)C. The van der Waals surface area contributed by atoms with E-state index in [2.05, 4.69) is 19.1 Å². The Bertz CT molecular complexity index is 432. The van der Waals surface area contributed by atoms with Crippen molar-refractivity contribution >= 4 is 7.60 Å². The van der Waals surface area contributed by atoms with E-state index in [0.29, 0.717) is 17.5 Å². The van der Waals surface area contributed by atoms with Gasteiger partial charge in [0.2, 0.25) is 0 Å². The van der Waals surface area contributed by atoms with Crippen molar-refractivity contribution in [1.82, 2.24) is 0 Å². The van der Waals surface area contributed by atoms with E-state index in [1.54, 1.807) is 0 Å². The van der Waals surface area contributed by atoms with Crippen LogP contribution in [-0.2, 0) is 9.09 Å². The van der Waals surface area contributed by atoms with E-state index in [-0.39, 0.29) is 5.78 Å². The molecule has 0 amide bonds. The lowest BCUT2D eigenvalue weighted by Crippen LogP contribution is -2.45. The van der Waals surface area contributed by atoms with Gasteiger partial charge in [0.15, 0.2) is 5.78 Å². The predicted molar refractivity (Wildman–Crippen MR) is 123 cm³/mol. The van der Waals surface area contributed by atoms with Crippen molar-refractivity contribution in [2.75, 3.05) is 27.7 Å². The maximum Gasteiger partial charge on any atom is 0.385 e. The summed E-state index contributed by atoms with van der Waals surface area (Å²) in [6, 6.07) is 0. The van der Waals surface area contributed by atoms with Crippen LogP contribution in [0.1, 0.15) is 104 Å². The Labute approximate surface area is 175 Å². The number of quaternary nitrogens is 1. The maximum absolute atomic E-state index is 12.6. The Balaban J connectivity index is 3.66. The van der Waals surface area contributed by atoms with Crippen molar-refractivity contribution in [1.29, 1.82) is 0 Å². The highest BCUT2D eigenvalue weighted by molar-refractivity contribution is 7.53. The third kappa shape index (κ3) is 14.8. The number of rotatable bonds is 19. The fourth-order valence-corrected chi connectivity index (χ4v) is 5.53. The number of unbranched alkanes of at least 4 members (excludes halogenated alkanes) is 10. The first kappa shape index (κ1) is 27.8. The molecule has 0 saturated heterocycles. The van der Waals surface area contributed by atoms with Crippen LogP contribution in [0.25, 0.3) is 0 Å². The first-order chi connectivity index (χ1) is 13.3. The highest BCUT2D eigenvalue weighted by atomic mass is 31.2. The molecule has 0 aromatic carbocycles. The van der Waals surface area contributed by atoms with Gasteiger partial charge in [-0.15, -0.1) is 0 Å². The molecule has 5 heteroatoms. The minimum absolute atomic E-state index is 0.334. The van der Waals surface area contributed by atoms with Crippen LogP contribution in [0.5, 0.6) is 0 Å². The Morgan fingerprint density at radius 2 is 1.32 bits per heavy atom. The van der Waals surface area contributed by atoms with E-state index in [1.807, 2.05) is 28.1 Å². The van der Waals surface area contributed by atoms with Crippen molar-refractivity contribution in [3.05, 3.63) is 12.2 Å². The highest BCUT2D eigenvalue weighted by Gasteiger charge is 2.41. The van der Waals surface area contributed by atoms with Gasteiger partial charge in [-0.25, -0.2) is 0 Å². The van der Waals surface area contributed by atoms with Crippen LogP contribution in [0.15, 0.2) is 12.2 Å². The minimum atomic E-state index is -3.56. The van der Waals surface area contributed by atoms with E-state index in [4.69, 9.17) is 4.52 Å². The third-order valence-electron chi connectivity index (χ3n) is 5.25. The van der Waals surface area contributed by atoms with Crippen molar-refractivity contribution < 1.29 is 18.5 Å². The quantitative estimate of drug-likeness (QED) is 0.104. The zero-order chi connectivity index (χ0) is 21.3. The second-order valence-electron chi connectivity index (χ2n) is 9.01. The molecule has 0 aliphatic carbocycles. The van der Waals surface area contributed by atoms with Crippen molar-refractivity contribution in [3.8, 4) is 0 Å². The van der Waals surface area contributed by atoms with Gasteiger partial charge in [-0.3, -0.25) is 4.57 Å². The largest absolute Gasteiger partial charge is 0.385 e. The van der Waals surface area contributed by atoms with Gasteiger partial charge < -0.3 is 13.9 Å². The molecule has 0 aromatic heterocycles. The normalized spacial score (nSPS) is 15.8. The molecule has 0 spiro atoms. The monoisotopic (exact) mass is 418 g/mol. The van der Waals surface area contributed by atoms with Crippen LogP contribution in [-0.4, -0.2) is 42.9 Å². The summed E-state index contributed by atoms with van der Waals surface area (Å²) in [7, 11) is 2.34. The summed E-state index contributed by atoms with van der Waals surface area (Å²) >= 11 is 0. The molecule has 28 heavy (non-hydrogen) atoms. The standard InChI is InChI=1S/C23H48NO3P/c1-6-8-9-10-11-12-13-14-15-16-17-18-19-20-22-27-28(25,26)23(21-7-2)24(3,4)5/h10-11,23H,6-9,12-22H2,1-5H3/p+1. The van der Waals surface area contributed by atoms with E-state index < -0.39 is 7.60 Å². The molecule has 0 fully saturated rings. The van der Waals surface area contributed by atoms with Gasteiger partial charge in [0, 0.05) is 6.42 Å². The zero-order valence-electron chi connectivity index (χ0n) is 19.5. The molecular formula is C23H49NO3P+. The van der Waals surface area contributed by atoms with Crippen molar-refractivity contribution in [2.24, 2.45) is 0 Å². The average molecular weight is 419 g/mol. The van der Waals surface area contributed by atoms with Crippen LogP contribution in [0.2, 0.25) is 0 Å². The number of allylic oxidation sites excluding steroid dienone is 2. The Morgan fingerprint density at radius 3 is 1.82 bits per heavy atom. The highest BCUT2D eigenvalue weighted by Crippen LogP contribution is 2.51. The minimum Gasteiger partial charge on any atom is -0.320 e. The summed E-state index contributed by atoms with van der Waals surface area (Å²) in [6.45, 7) is 4.69. The molecular weight excluding hydrogens is 369 g/mol. The lowest BCUT2D eigenvalue weighted by molar-refractivity contribution is -0.883. The van der Waals surface area contributed by atoms with E-state index in [1.165, 1.54) is 64.2 Å².